The third-order valence-electron chi connectivity index (χ3n) is 3.36. The first-order valence-corrected chi connectivity index (χ1v) is 6.59. The molecule has 3 rings (SSSR count). The van der Waals surface area contributed by atoms with Gasteiger partial charge in [0.05, 0.1) is 5.56 Å². The first kappa shape index (κ1) is 12.0. The minimum absolute atomic E-state index is 0.432. The molecule has 2 heterocycles. The van der Waals surface area contributed by atoms with Gasteiger partial charge in [0.15, 0.2) is 5.82 Å². The lowest BCUT2D eigenvalue weighted by Gasteiger charge is -2.31. The molecule has 0 bridgehead atoms. The number of aromatic nitrogens is 1. The second kappa shape index (κ2) is 4.91. The molecule has 19 heavy (non-hydrogen) atoms. The molecule has 1 aromatic carbocycles. The normalized spacial score (nSPS) is 13.8. The third kappa shape index (κ3) is 2.05. The van der Waals surface area contributed by atoms with Crippen molar-refractivity contribution in [2.24, 2.45) is 0 Å². The number of halogens is 1. The lowest BCUT2D eigenvalue weighted by Crippen LogP contribution is -2.25. The van der Waals surface area contributed by atoms with Crippen LogP contribution in [-0.4, -0.2) is 11.5 Å². The lowest BCUT2D eigenvalue weighted by atomic mass is 10.0. The van der Waals surface area contributed by atoms with E-state index in [9.17, 15) is 0 Å². The highest BCUT2D eigenvalue weighted by Gasteiger charge is 2.21. The van der Waals surface area contributed by atoms with Crippen LogP contribution >= 0.6 is 11.6 Å². The molecule has 0 spiro atoms. The fourth-order valence-electron chi connectivity index (χ4n) is 2.46. The SMILES string of the molecule is N#Cc1ccnc(N2CCCc3ccccc32)c1Cl. The van der Waals surface area contributed by atoms with Crippen molar-refractivity contribution in [1.82, 2.24) is 4.98 Å². The van der Waals surface area contributed by atoms with E-state index in [4.69, 9.17) is 16.9 Å². The van der Waals surface area contributed by atoms with E-state index in [1.165, 1.54) is 5.56 Å². The monoisotopic (exact) mass is 269 g/mol. The highest BCUT2D eigenvalue weighted by atomic mass is 35.5. The van der Waals surface area contributed by atoms with Crippen molar-refractivity contribution in [3.05, 3.63) is 52.7 Å². The minimum Gasteiger partial charge on any atom is -0.325 e. The maximum Gasteiger partial charge on any atom is 0.153 e. The third-order valence-corrected chi connectivity index (χ3v) is 3.73. The predicted molar refractivity (Wildman–Crippen MR) is 75.7 cm³/mol. The molecule has 1 aromatic heterocycles. The second-order valence-corrected chi connectivity index (χ2v) is 4.87. The van der Waals surface area contributed by atoms with E-state index >= 15 is 0 Å². The quantitative estimate of drug-likeness (QED) is 0.793. The van der Waals surface area contributed by atoms with Gasteiger partial charge in [-0.1, -0.05) is 29.8 Å². The Morgan fingerprint density at radius 1 is 1.26 bits per heavy atom. The van der Waals surface area contributed by atoms with Crippen molar-refractivity contribution >= 4 is 23.1 Å². The predicted octanol–water partition coefficient (Wildman–Crippen LogP) is 3.69. The summed E-state index contributed by atoms with van der Waals surface area (Å²) in [5.74, 6) is 0.674. The number of benzene rings is 1. The summed E-state index contributed by atoms with van der Waals surface area (Å²) in [6.07, 6.45) is 3.77. The summed E-state index contributed by atoms with van der Waals surface area (Å²) in [4.78, 5) is 6.45. The van der Waals surface area contributed by atoms with Gasteiger partial charge < -0.3 is 4.90 Å². The summed E-state index contributed by atoms with van der Waals surface area (Å²) in [7, 11) is 0. The zero-order valence-electron chi connectivity index (χ0n) is 10.3. The number of fused-ring (bicyclic) bond motifs is 1. The van der Waals surface area contributed by atoms with Crippen LogP contribution in [0.15, 0.2) is 36.5 Å². The molecule has 0 aliphatic carbocycles. The van der Waals surface area contributed by atoms with E-state index in [0.717, 1.165) is 25.1 Å². The van der Waals surface area contributed by atoms with Gasteiger partial charge in [0, 0.05) is 18.4 Å². The fourth-order valence-corrected chi connectivity index (χ4v) is 2.72. The highest BCUT2D eigenvalue weighted by molar-refractivity contribution is 6.34. The van der Waals surface area contributed by atoms with Crippen molar-refractivity contribution in [1.29, 1.82) is 5.26 Å². The smallest absolute Gasteiger partial charge is 0.153 e. The van der Waals surface area contributed by atoms with Crippen molar-refractivity contribution in [3.63, 3.8) is 0 Å². The summed E-state index contributed by atoms with van der Waals surface area (Å²) >= 11 is 6.28. The molecule has 0 amide bonds. The standard InChI is InChI=1S/C15H12ClN3/c16-14-12(10-17)7-8-18-15(14)19-9-3-5-11-4-1-2-6-13(11)19/h1-2,4,6-8H,3,5,9H2. The Kier molecular flexibility index (Phi) is 3.10. The van der Waals surface area contributed by atoms with Crippen LogP contribution in [0.2, 0.25) is 5.02 Å². The molecule has 0 N–H and O–H groups in total. The van der Waals surface area contributed by atoms with E-state index in [0.29, 0.717) is 16.4 Å². The largest absolute Gasteiger partial charge is 0.325 e. The molecule has 94 valence electrons. The van der Waals surface area contributed by atoms with Crippen LogP contribution in [0.3, 0.4) is 0 Å². The molecule has 2 aromatic rings. The maximum absolute atomic E-state index is 9.06. The number of nitrogens with zero attached hydrogens (tertiary/aromatic N) is 3. The number of rotatable bonds is 1. The van der Waals surface area contributed by atoms with Crippen LogP contribution in [0.4, 0.5) is 11.5 Å². The summed E-state index contributed by atoms with van der Waals surface area (Å²) in [6, 6.07) is 12.0. The van der Waals surface area contributed by atoms with Crippen molar-refractivity contribution in [2.75, 3.05) is 11.4 Å². The summed E-state index contributed by atoms with van der Waals surface area (Å²) in [5.41, 5.74) is 2.90. The average molecular weight is 270 g/mol. The fraction of sp³-hybridized carbons (Fsp3) is 0.200. The molecular formula is C15H12ClN3. The lowest BCUT2D eigenvalue weighted by molar-refractivity contribution is 0.759. The van der Waals surface area contributed by atoms with Gasteiger partial charge in [0.25, 0.3) is 0 Å². The maximum atomic E-state index is 9.06. The summed E-state index contributed by atoms with van der Waals surface area (Å²) in [5, 5.41) is 9.49. The Hall–Kier alpha value is -2.05. The van der Waals surface area contributed by atoms with Crippen molar-refractivity contribution in [3.8, 4) is 6.07 Å². The van der Waals surface area contributed by atoms with Gasteiger partial charge in [0.1, 0.15) is 11.1 Å². The first-order chi connectivity index (χ1) is 9.31. The van der Waals surface area contributed by atoms with Crippen molar-refractivity contribution < 1.29 is 0 Å². The molecule has 1 aliphatic heterocycles. The van der Waals surface area contributed by atoms with E-state index in [1.54, 1.807) is 12.3 Å². The molecule has 4 heteroatoms. The number of hydrogen-bond acceptors (Lipinski definition) is 3. The number of pyridine rings is 1. The first-order valence-electron chi connectivity index (χ1n) is 6.21. The molecule has 3 nitrogen and oxygen atoms in total. The van der Waals surface area contributed by atoms with Crippen LogP contribution in [0.1, 0.15) is 17.5 Å². The Labute approximate surface area is 117 Å². The van der Waals surface area contributed by atoms with E-state index in [1.807, 2.05) is 12.1 Å². The molecule has 1 aliphatic rings. The second-order valence-electron chi connectivity index (χ2n) is 4.49. The summed E-state index contributed by atoms with van der Waals surface area (Å²) in [6.45, 7) is 0.874. The molecule has 0 radical (unpaired) electrons. The highest BCUT2D eigenvalue weighted by Crippen LogP contribution is 2.36. The summed E-state index contributed by atoms with van der Waals surface area (Å²) < 4.78 is 0. The van der Waals surface area contributed by atoms with Crippen LogP contribution in [0.25, 0.3) is 0 Å². The van der Waals surface area contributed by atoms with Gasteiger partial charge in [0.2, 0.25) is 0 Å². The van der Waals surface area contributed by atoms with Crippen molar-refractivity contribution in [2.45, 2.75) is 12.8 Å². The van der Waals surface area contributed by atoms with Gasteiger partial charge in [-0.2, -0.15) is 5.26 Å². The van der Waals surface area contributed by atoms with Crippen LogP contribution in [-0.2, 0) is 6.42 Å². The van der Waals surface area contributed by atoms with Gasteiger partial charge in [-0.3, -0.25) is 0 Å². The molecular weight excluding hydrogens is 258 g/mol. The number of aryl methyl sites for hydroxylation is 1. The average Bonchev–Trinajstić information content (AvgIpc) is 2.47. The number of para-hydroxylation sites is 1. The van der Waals surface area contributed by atoms with Gasteiger partial charge in [-0.25, -0.2) is 4.98 Å². The molecule has 0 atom stereocenters. The zero-order chi connectivity index (χ0) is 13.2. The van der Waals surface area contributed by atoms with Gasteiger partial charge >= 0.3 is 0 Å². The molecule has 0 saturated carbocycles. The van der Waals surface area contributed by atoms with E-state index in [-0.39, 0.29) is 0 Å². The molecule has 0 saturated heterocycles. The van der Waals surface area contributed by atoms with Gasteiger partial charge in [-0.15, -0.1) is 0 Å². The van der Waals surface area contributed by atoms with Crippen LogP contribution in [0.5, 0.6) is 0 Å². The van der Waals surface area contributed by atoms with Gasteiger partial charge in [-0.05, 0) is 30.5 Å². The zero-order valence-corrected chi connectivity index (χ0v) is 11.1. The van der Waals surface area contributed by atoms with E-state index < -0.39 is 0 Å². The number of hydrogen-bond donors (Lipinski definition) is 0. The Morgan fingerprint density at radius 3 is 2.95 bits per heavy atom. The topological polar surface area (TPSA) is 39.9 Å². The Morgan fingerprint density at radius 2 is 2.11 bits per heavy atom. The molecule has 0 fully saturated rings. The minimum atomic E-state index is 0.432. The van der Waals surface area contributed by atoms with Crippen LogP contribution in [0, 0.1) is 11.3 Å². The number of nitriles is 1. The molecule has 0 unspecified atom stereocenters. The van der Waals surface area contributed by atoms with Crippen LogP contribution < -0.4 is 4.90 Å². The number of anilines is 2. The Bertz CT molecular complexity index is 661. The Balaban J connectivity index is 2.12. The van der Waals surface area contributed by atoms with E-state index in [2.05, 4.69) is 28.1 Å².